The molecule has 2 amide bonds. The van der Waals surface area contributed by atoms with Crippen LogP contribution in [0, 0.1) is 0 Å². The van der Waals surface area contributed by atoms with Crippen LogP contribution in [0.4, 0.5) is 10.5 Å². The lowest BCUT2D eigenvalue weighted by molar-refractivity contribution is 0.115. The quantitative estimate of drug-likeness (QED) is 0.861. The largest absolute Gasteiger partial charge is 0.323 e. The summed E-state index contributed by atoms with van der Waals surface area (Å²) in [6, 6.07) is 8.56. The van der Waals surface area contributed by atoms with Crippen molar-refractivity contribution in [1.29, 1.82) is 0 Å². The van der Waals surface area contributed by atoms with Gasteiger partial charge >= 0.3 is 6.03 Å². The Morgan fingerprint density at radius 2 is 2.00 bits per heavy atom. The highest BCUT2D eigenvalue weighted by Crippen LogP contribution is 2.21. The Labute approximate surface area is 143 Å². The summed E-state index contributed by atoms with van der Waals surface area (Å²) < 4.78 is 0. The molecule has 23 heavy (non-hydrogen) atoms. The molecule has 2 aliphatic rings. The number of likely N-dealkylation sites (tertiary alicyclic amines) is 1. The molecule has 126 valence electrons. The molecule has 0 radical (unpaired) electrons. The third-order valence-electron chi connectivity index (χ3n) is 4.83. The highest BCUT2D eigenvalue weighted by atomic mass is 32.2. The number of piperazine rings is 1. The zero-order valence-electron chi connectivity index (χ0n) is 14.0. The second-order valence-electron chi connectivity index (χ2n) is 6.39. The van der Waals surface area contributed by atoms with Crippen LogP contribution < -0.4 is 5.32 Å². The Balaban J connectivity index is 1.53. The predicted octanol–water partition coefficient (Wildman–Crippen LogP) is 2.26. The van der Waals surface area contributed by atoms with Crippen molar-refractivity contribution in [2.24, 2.45) is 0 Å². The number of hydrogen-bond donors (Lipinski definition) is 1. The number of anilines is 1. The summed E-state index contributed by atoms with van der Waals surface area (Å²) in [5, 5.41) is 3.04. The first-order valence-electron chi connectivity index (χ1n) is 8.28. The maximum atomic E-state index is 12.5. The monoisotopic (exact) mass is 334 g/mol. The Kier molecular flexibility index (Phi) is 5.46. The van der Waals surface area contributed by atoms with Crippen molar-refractivity contribution in [2.45, 2.75) is 17.4 Å². The van der Waals surface area contributed by atoms with Crippen molar-refractivity contribution in [3.63, 3.8) is 0 Å². The van der Waals surface area contributed by atoms with Crippen molar-refractivity contribution in [2.75, 3.05) is 57.9 Å². The maximum absolute atomic E-state index is 12.5. The summed E-state index contributed by atoms with van der Waals surface area (Å²) in [5.74, 6) is 0. The predicted molar refractivity (Wildman–Crippen MR) is 96.3 cm³/mol. The number of amides is 2. The lowest BCUT2D eigenvalue weighted by Crippen LogP contribution is -2.50. The van der Waals surface area contributed by atoms with Crippen LogP contribution in [-0.4, -0.2) is 79.3 Å². The first-order valence-corrected chi connectivity index (χ1v) is 9.51. The van der Waals surface area contributed by atoms with Gasteiger partial charge in [0.05, 0.1) is 0 Å². The number of urea groups is 1. The average Bonchev–Trinajstić information content (AvgIpc) is 3.06. The minimum absolute atomic E-state index is 0.0277. The summed E-state index contributed by atoms with van der Waals surface area (Å²) in [6.07, 6.45) is 3.13. The van der Waals surface area contributed by atoms with Crippen LogP contribution >= 0.6 is 11.8 Å². The first-order chi connectivity index (χ1) is 11.2. The van der Waals surface area contributed by atoms with Crippen LogP contribution in [0.1, 0.15) is 6.42 Å². The number of nitrogens with zero attached hydrogens (tertiary/aromatic N) is 3. The van der Waals surface area contributed by atoms with Gasteiger partial charge in [0.1, 0.15) is 0 Å². The van der Waals surface area contributed by atoms with Gasteiger partial charge < -0.3 is 15.1 Å². The summed E-state index contributed by atoms with van der Waals surface area (Å²) >= 11 is 1.69. The lowest BCUT2D eigenvalue weighted by Gasteiger charge is -2.36. The highest BCUT2D eigenvalue weighted by molar-refractivity contribution is 7.98. The molecule has 1 aromatic rings. The van der Waals surface area contributed by atoms with Crippen molar-refractivity contribution in [3.8, 4) is 0 Å². The van der Waals surface area contributed by atoms with E-state index in [9.17, 15) is 4.79 Å². The van der Waals surface area contributed by atoms with Gasteiger partial charge in [-0.25, -0.2) is 4.79 Å². The highest BCUT2D eigenvalue weighted by Gasteiger charge is 2.31. The number of thioether (sulfide) groups is 1. The molecule has 2 aliphatic heterocycles. The zero-order chi connectivity index (χ0) is 16.2. The van der Waals surface area contributed by atoms with E-state index in [1.165, 1.54) is 4.90 Å². The number of nitrogens with one attached hydrogen (secondary N) is 1. The van der Waals surface area contributed by atoms with Gasteiger partial charge in [-0.05, 0) is 37.9 Å². The summed E-state index contributed by atoms with van der Waals surface area (Å²) in [4.78, 5) is 20.5. The van der Waals surface area contributed by atoms with Crippen LogP contribution in [0.25, 0.3) is 0 Å². The molecule has 1 aromatic carbocycles. The molecule has 0 spiro atoms. The average molecular weight is 334 g/mol. The van der Waals surface area contributed by atoms with Gasteiger partial charge in [-0.15, -0.1) is 11.8 Å². The molecule has 0 saturated carbocycles. The van der Waals surface area contributed by atoms with Crippen LogP contribution in [0.15, 0.2) is 29.2 Å². The minimum atomic E-state index is 0.0277. The molecule has 0 aliphatic carbocycles. The van der Waals surface area contributed by atoms with Gasteiger partial charge in [0, 0.05) is 55.9 Å². The van der Waals surface area contributed by atoms with Crippen molar-refractivity contribution >= 4 is 23.5 Å². The summed E-state index contributed by atoms with van der Waals surface area (Å²) in [7, 11) is 2.18. The van der Waals surface area contributed by atoms with Gasteiger partial charge in [0.25, 0.3) is 0 Å². The molecule has 6 heteroatoms. The second-order valence-corrected chi connectivity index (χ2v) is 7.27. The van der Waals surface area contributed by atoms with Crippen LogP contribution in [0.5, 0.6) is 0 Å². The fourth-order valence-electron chi connectivity index (χ4n) is 3.31. The van der Waals surface area contributed by atoms with Crippen molar-refractivity contribution in [3.05, 3.63) is 24.3 Å². The second kappa shape index (κ2) is 7.55. The van der Waals surface area contributed by atoms with E-state index in [4.69, 9.17) is 0 Å². The molecule has 2 fully saturated rings. The molecule has 3 rings (SSSR count). The van der Waals surface area contributed by atoms with E-state index in [0.29, 0.717) is 6.04 Å². The number of carbonyl (C=O) groups excluding carboxylic acids is 1. The third-order valence-corrected chi connectivity index (χ3v) is 5.55. The van der Waals surface area contributed by atoms with Crippen molar-refractivity contribution in [1.82, 2.24) is 14.7 Å². The molecule has 2 saturated heterocycles. The third kappa shape index (κ3) is 4.19. The molecule has 1 atom stereocenters. The SMILES string of the molecule is CSc1cccc(NC(=O)N2CC[C@@H](N3CCN(C)CC3)C2)c1. The number of benzene rings is 1. The zero-order valence-corrected chi connectivity index (χ0v) is 14.8. The van der Waals surface area contributed by atoms with Gasteiger partial charge in [-0.3, -0.25) is 4.90 Å². The number of hydrogen-bond acceptors (Lipinski definition) is 4. The smallest absolute Gasteiger partial charge is 0.321 e. The van der Waals surface area contributed by atoms with E-state index in [1.807, 2.05) is 29.4 Å². The van der Waals surface area contributed by atoms with Crippen LogP contribution in [0.3, 0.4) is 0 Å². The van der Waals surface area contributed by atoms with Gasteiger partial charge in [-0.2, -0.15) is 0 Å². The molecule has 0 bridgehead atoms. The lowest BCUT2D eigenvalue weighted by atomic mass is 10.2. The maximum Gasteiger partial charge on any atom is 0.321 e. The number of likely N-dealkylation sites (N-methyl/N-ethyl adjacent to an activating group) is 1. The Bertz CT molecular complexity index is 545. The first kappa shape index (κ1) is 16.6. The van der Waals surface area contributed by atoms with E-state index in [-0.39, 0.29) is 6.03 Å². The van der Waals surface area contributed by atoms with Gasteiger partial charge in [-0.1, -0.05) is 6.07 Å². The van der Waals surface area contributed by atoms with Crippen LogP contribution in [-0.2, 0) is 0 Å². The Morgan fingerprint density at radius 1 is 1.22 bits per heavy atom. The minimum Gasteiger partial charge on any atom is -0.323 e. The van der Waals surface area contributed by atoms with Crippen molar-refractivity contribution < 1.29 is 4.79 Å². The van der Waals surface area contributed by atoms with E-state index < -0.39 is 0 Å². The number of rotatable bonds is 3. The molecule has 0 aromatic heterocycles. The fraction of sp³-hybridized carbons (Fsp3) is 0.588. The molecular formula is C17H26N4OS. The number of carbonyl (C=O) groups is 1. The molecule has 5 nitrogen and oxygen atoms in total. The summed E-state index contributed by atoms with van der Waals surface area (Å²) in [6.45, 7) is 6.19. The van der Waals surface area contributed by atoms with E-state index in [2.05, 4.69) is 28.2 Å². The Hall–Kier alpha value is -1.24. The molecular weight excluding hydrogens is 308 g/mol. The van der Waals surface area contributed by atoms with E-state index >= 15 is 0 Å². The summed E-state index contributed by atoms with van der Waals surface area (Å²) in [5.41, 5.74) is 0.880. The molecule has 2 heterocycles. The topological polar surface area (TPSA) is 38.8 Å². The Morgan fingerprint density at radius 3 is 2.74 bits per heavy atom. The molecule has 1 N–H and O–H groups in total. The van der Waals surface area contributed by atoms with Crippen LogP contribution in [0.2, 0.25) is 0 Å². The van der Waals surface area contributed by atoms with Gasteiger partial charge in [0.15, 0.2) is 0 Å². The standard InChI is InChI=1S/C17H26N4OS/c1-19-8-10-20(11-9-19)15-6-7-21(13-15)17(22)18-14-4-3-5-16(12-14)23-2/h3-5,12,15H,6-11,13H2,1-2H3,(H,18,22)/t15-/m1/s1. The van der Waals surface area contributed by atoms with Gasteiger partial charge in [0.2, 0.25) is 0 Å². The molecule has 0 unspecified atom stereocenters. The normalized spacial score (nSPS) is 23.2. The van der Waals surface area contributed by atoms with E-state index in [1.54, 1.807) is 11.8 Å². The van der Waals surface area contributed by atoms with E-state index in [0.717, 1.165) is 51.4 Å². The fourth-order valence-corrected chi connectivity index (χ4v) is 3.77.